The molecular weight excluding hydrogens is 212 g/mol. The Morgan fingerprint density at radius 1 is 0.765 bits per heavy atom. The summed E-state index contributed by atoms with van der Waals surface area (Å²) in [5.41, 5.74) is -0.833. The minimum atomic E-state index is -0.416. The van der Waals surface area contributed by atoms with Gasteiger partial charge in [0.15, 0.2) is 0 Å². The van der Waals surface area contributed by atoms with Crippen molar-refractivity contribution in [2.45, 2.75) is 70.0 Å². The molecule has 0 heterocycles. The average molecular weight is 238 g/mol. The summed E-state index contributed by atoms with van der Waals surface area (Å²) in [7, 11) is 0. The lowest BCUT2D eigenvalue weighted by molar-refractivity contribution is -0.183. The fourth-order valence-corrected chi connectivity index (χ4v) is 5.41. The van der Waals surface area contributed by atoms with Gasteiger partial charge in [0.2, 0.25) is 0 Å². The zero-order chi connectivity index (χ0) is 12.3. The first-order valence-corrected chi connectivity index (χ1v) is 7.49. The Labute approximate surface area is 104 Å². The monoisotopic (exact) mass is 238 g/mol. The zero-order valence-electron chi connectivity index (χ0n) is 11.2. The highest BCUT2D eigenvalue weighted by atomic mass is 16.3. The van der Waals surface area contributed by atoms with E-state index < -0.39 is 11.2 Å². The molecule has 2 nitrogen and oxygen atoms in total. The normalized spacial score (nSPS) is 57.2. The first kappa shape index (κ1) is 12.0. The molecule has 0 spiro atoms. The lowest BCUT2D eigenvalue weighted by Crippen LogP contribution is -2.58. The van der Waals surface area contributed by atoms with Crippen LogP contribution in [0.3, 0.4) is 0 Å². The highest BCUT2D eigenvalue weighted by molar-refractivity contribution is 5.11. The SMILES string of the molecule is CC[C@@]1(O)[C@@H]2C[C@@H]3C[C@H]1CC[C@H](C2)[C@]3(O)CC. The van der Waals surface area contributed by atoms with Gasteiger partial charge in [-0.3, -0.25) is 0 Å². The molecule has 4 aliphatic rings. The molecule has 4 rings (SSSR count). The minimum absolute atomic E-state index is 0.416. The van der Waals surface area contributed by atoms with Gasteiger partial charge in [-0.05, 0) is 68.6 Å². The van der Waals surface area contributed by atoms with Crippen molar-refractivity contribution in [1.29, 1.82) is 0 Å². The van der Waals surface area contributed by atoms with E-state index in [0.29, 0.717) is 23.7 Å². The minimum Gasteiger partial charge on any atom is -0.389 e. The molecule has 0 aromatic heterocycles. The van der Waals surface area contributed by atoms with Gasteiger partial charge in [-0.1, -0.05) is 13.8 Å². The largest absolute Gasteiger partial charge is 0.389 e. The fraction of sp³-hybridized carbons (Fsp3) is 1.00. The van der Waals surface area contributed by atoms with Crippen LogP contribution in [0.5, 0.6) is 0 Å². The first-order chi connectivity index (χ1) is 8.04. The van der Waals surface area contributed by atoms with E-state index in [0.717, 1.165) is 44.9 Å². The molecule has 0 aromatic carbocycles. The third kappa shape index (κ3) is 1.40. The van der Waals surface area contributed by atoms with Gasteiger partial charge in [-0.15, -0.1) is 0 Å². The van der Waals surface area contributed by atoms with Crippen LogP contribution in [-0.4, -0.2) is 21.4 Å². The van der Waals surface area contributed by atoms with E-state index in [1.165, 1.54) is 0 Å². The average Bonchev–Trinajstić information content (AvgIpc) is 2.50. The van der Waals surface area contributed by atoms with E-state index in [-0.39, 0.29) is 0 Å². The van der Waals surface area contributed by atoms with Crippen LogP contribution in [0.4, 0.5) is 0 Å². The zero-order valence-corrected chi connectivity index (χ0v) is 11.2. The summed E-state index contributed by atoms with van der Waals surface area (Å²) in [5, 5.41) is 21.9. The van der Waals surface area contributed by atoms with Crippen LogP contribution in [0.1, 0.15) is 58.8 Å². The number of fused-ring (bicyclic) bond motifs is 1. The Bertz CT molecular complexity index is 274. The molecule has 17 heavy (non-hydrogen) atoms. The number of rotatable bonds is 2. The van der Waals surface area contributed by atoms with Gasteiger partial charge in [0.1, 0.15) is 0 Å². The molecule has 4 bridgehead atoms. The van der Waals surface area contributed by atoms with Gasteiger partial charge < -0.3 is 10.2 Å². The van der Waals surface area contributed by atoms with Crippen LogP contribution in [0.25, 0.3) is 0 Å². The predicted molar refractivity (Wildman–Crippen MR) is 67.5 cm³/mol. The quantitative estimate of drug-likeness (QED) is 0.776. The second-order valence-corrected chi connectivity index (χ2v) is 6.76. The van der Waals surface area contributed by atoms with Gasteiger partial charge >= 0.3 is 0 Å². The number of aliphatic hydroxyl groups is 2. The number of hydrogen-bond acceptors (Lipinski definition) is 2. The van der Waals surface area contributed by atoms with E-state index in [1.54, 1.807) is 0 Å². The van der Waals surface area contributed by atoms with E-state index in [2.05, 4.69) is 13.8 Å². The summed E-state index contributed by atoms with van der Waals surface area (Å²) in [6.45, 7) is 4.27. The van der Waals surface area contributed by atoms with Crippen molar-refractivity contribution in [1.82, 2.24) is 0 Å². The lowest BCUT2D eigenvalue weighted by atomic mass is 9.54. The lowest BCUT2D eigenvalue weighted by Gasteiger charge is -2.56. The third-order valence-electron chi connectivity index (χ3n) is 6.53. The van der Waals surface area contributed by atoms with Crippen molar-refractivity contribution < 1.29 is 10.2 Å². The van der Waals surface area contributed by atoms with Crippen LogP contribution in [0.15, 0.2) is 0 Å². The van der Waals surface area contributed by atoms with Gasteiger partial charge in [-0.25, -0.2) is 0 Å². The summed E-state index contributed by atoms with van der Waals surface area (Å²) < 4.78 is 0. The molecule has 0 saturated heterocycles. The molecule has 0 aromatic rings. The molecule has 4 fully saturated rings. The summed E-state index contributed by atoms with van der Waals surface area (Å²) in [4.78, 5) is 0. The topological polar surface area (TPSA) is 40.5 Å². The maximum atomic E-state index is 10.9. The second-order valence-electron chi connectivity index (χ2n) is 6.76. The van der Waals surface area contributed by atoms with E-state index in [9.17, 15) is 10.2 Å². The van der Waals surface area contributed by atoms with Gasteiger partial charge in [0.05, 0.1) is 11.2 Å². The Kier molecular flexibility index (Phi) is 2.61. The second kappa shape index (κ2) is 3.71. The van der Waals surface area contributed by atoms with Crippen LogP contribution in [0, 0.1) is 23.7 Å². The molecule has 0 unspecified atom stereocenters. The summed E-state index contributed by atoms with van der Waals surface area (Å²) in [6, 6.07) is 0. The smallest absolute Gasteiger partial charge is 0.0701 e. The summed E-state index contributed by atoms with van der Waals surface area (Å²) in [5.74, 6) is 1.80. The number of hydrogen-bond donors (Lipinski definition) is 2. The summed E-state index contributed by atoms with van der Waals surface area (Å²) >= 11 is 0. The van der Waals surface area contributed by atoms with Gasteiger partial charge in [0, 0.05) is 0 Å². The molecule has 4 aliphatic carbocycles. The standard InChI is InChI=1S/C15H26O2/c1-3-14(16)10-5-6-11-8-12(14)9-13(7-10)15(11,17)4-2/h10-13,16-17H,3-9H2,1-2H3/t10-,11-,12+,13+,14-,15+/m1/s1. The molecule has 98 valence electrons. The summed E-state index contributed by atoms with van der Waals surface area (Å²) in [6.07, 6.45) is 7.22. The molecular formula is C15H26O2. The van der Waals surface area contributed by atoms with Crippen molar-refractivity contribution in [3.05, 3.63) is 0 Å². The Hall–Kier alpha value is -0.0800. The Balaban J connectivity index is 1.98. The van der Waals surface area contributed by atoms with E-state index >= 15 is 0 Å². The van der Waals surface area contributed by atoms with Crippen molar-refractivity contribution in [2.75, 3.05) is 0 Å². The van der Waals surface area contributed by atoms with Crippen molar-refractivity contribution in [3.8, 4) is 0 Å². The molecule has 2 N–H and O–H groups in total. The fourth-order valence-electron chi connectivity index (χ4n) is 5.41. The van der Waals surface area contributed by atoms with Crippen molar-refractivity contribution >= 4 is 0 Å². The Morgan fingerprint density at radius 2 is 1.12 bits per heavy atom. The molecule has 0 amide bonds. The molecule has 6 atom stereocenters. The van der Waals surface area contributed by atoms with Crippen LogP contribution < -0.4 is 0 Å². The highest BCUT2D eigenvalue weighted by Gasteiger charge is 2.60. The third-order valence-corrected chi connectivity index (χ3v) is 6.53. The van der Waals surface area contributed by atoms with Crippen molar-refractivity contribution in [3.63, 3.8) is 0 Å². The molecule has 0 radical (unpaired) electrons. The van der Waals surface area contributed by atoms with Gasteiger partial charge in [-0.2, -0.15) is 0 Å². The highest BCUT2D eigenvalue weighted by Crippen LogP contribution is 2.60. The van der Waals surface area contributed by atoms with Gasteiger partial charge in [0.25, 0.3) is 0 Å². The maximum Gasteiger partial charge on any atom is 0.0701 e. The maximum absolute atomic E-state index is 10.9. The first-order valence-electron chi connectivity index (χ1n) is 7.49. The predicted octanol–water partition coefficient (Wildman–Crippen LogP) is 2.72. The Morgan fingerprint density at radius 3 is 1.47 bits per heavy atom. The molecule has 0 aliphatic heterocycles. The molecule has 2 heteroatoms. The van der Waals surface area contributed by atoms with E-state index in [1.807, 2.05) is 0 Å². The van der Waals surface area contributed by atoms with E-state index in [4.69, 9.17) is 0 Å². The van der Waals surface area contributed by atoms with Crippen LogP contribution in [0.2, 0.25) is 0 Å². The van der Waals surface area contributed by atoms with Crippen LogP contribution in [-0.2, 0) is 0 Å². The van der Waals surface area contributed by atoms with Crippen LogP contribution >= 0.6 is 0 Å². The van der Waals surface area contributed by atoms with Crippen molar-refractivity contribution in [2.24, 2.45) is 23.7 Å². The molecule has 4 saturated carbocycles.